The maximum atomic E-state index is 12.4. The highest BCUT2D eigenvalue weighted by Gasteiger charge is 2.31. The van der Waals surface area contributed by atoms with E-state index in [9.17, 15) is 18.0 Å². The lowest BCUT2D eigenvalue weighted by Gasteiger charge is -2.07. The lowest BCUT2D eigenvalue weighted by atomic mass is 10.1. The van der Waals surface area contributed by atoms with Crippen molar-refractivity contribution in [3.8, 4) is 5.75 Å². The molecular weight excluding hydrogens is 405 g/mol. The maximum absolute atomic E-state index is 12.4. The highest BCUT2D eigenvalue weighted by atomic mass is 32.1. The molecule has 1 amide bonds. The minimum Gasteiger partial charge on any atom is -0.406 e. The van der Waals surface area contributed by atoms with Gasteiger partial charge in [0.15, 0.2) is 5.13 Å². The molecule has 0 spiro atoms. The summed E-state index contributed by atoms with van der Waals surface area (Å²) in [7, 11) is 0. The van der Waals surface area contributed by atoms with Gasteiger partial charge in [0.2, 0.25) is 0 Å². The van der Waals surface area contributed by atoms with E-state index in [1.54, 1.807) is 23.0 Å². The van der Waals surface area contributed by atoms with Gasteiger partial charge in [-0.1, -0.05) is 23.5 Å². The van der Waals surface area contributed by atoms with E-state index in [1.165, 1.54) is 18.2 Å². The summed E-state index contributed by atoms with van der Waals surface area (Å²) in [5.74, 6) is -0.694. The molecule has 0 aliphatic rings. The SMILES string of the molecule is O=C(Nc1nc2ccc(OC(F)(F)F)cc2s1)c1ccc(Cn2cccn2)cc1. The van der Waals surface area contributed by atoms with Crippen molar-refractivity contribution in [3.63, 3.8) is 0 Å². The van der Waals surface area contributed by atoms with Gasteiger partial charge in [-0.05, 0) is 35.9 Å². The summed E-state index contributed by atoms with van der Waals surface area (Å²) in [6.07, 6.45) is -1.23. The number of hydrogen-bond donors (Lipinski definition) is 1. The number of carbonyl (C=O) groups excluding carboxylic acids is 1. The summed E-state index contributed by atoms with van der Waals surface area (Å²) < 4.78 is 43.2. The van der Waals surface area contributed by atoms with E-state index in [1.807, 2.05) is 24.4 Å². The van der Waals surface area contributed by atoms with Crippen molar-refractivity contribution < 1.29 is 22.7 Å². The molecule has 0 aliphatic heterocycles. The Bertz CT molecular complexity index is 1140. The van der Waals surface area contributed by atoms with Crippen LogP contribution < -0.4 is 10.1 Å². The van der Waals surface area contributed by atoms with E-state index in [0.717, 1.165) is 16.9 Å². The number of nitrogens with zero attached hydrogens (tertiary/aromatic N) is 3. The summed E-state index contributed by atoms with van der Waals surface area (Å²) in [6, 6.07) is 12.7. The van der Waals surface area contributed by atoms with Crippen LogP contribution in [-0.2, 0) is 6.54 Å². The minimum absolute atomic E-state index is 0.287. The summed E-state index contributed by atoms with van der Waals surface area (Å²) in [4.78, 5) is 16.7. The normalized spacial score (nSPS) is 11.6. The molecule has 4 aromatic rings. The average molecular weight is 418 g/mol. The monoisotopic (exact) mass is 418 g/mol. The largest absolute Gasteiger partial charge is 0.573 e. The number of benzene rings is 2. The summed E-state index contributed by atoms with van der Waals surface area (Å²) in [5.41, 5.74) is 1.89. The molecule has 2 aromatic carbocycles. The van der Waals surface area contributed by atoms with Crippen LogP contribution in [0.4, 0.5) is 18.3 Å². The Hall–Kier alpha value is -3.40. The molecule has 4 rings (SSSR count). The fourth-order valence-electron chi connectivity index (χ4n) is 2.67. The maximum Gasteiger partial charge on any atom is 0.573 e. The molecule has 0 saturated heterocycles. The lowest BCUT2D eigenvalue weighted by Crippen LogP contribution is -2.16. The highest BCUT2D eigenvalue weighted by molar-refractivity contribution is 7.22. The van der Waals surface area contributed by atoms with Gasteiger partial charge in [-0.25, -0.2) is 4.98 Å². The molecule has 2 aromatic heterocycles. The predicted molar refractivity (Wildman–Crippen MR) is 102 cm³/mol. The molecule has 0 bridgehead atoms. The van der Waals surface area contributed by atoms with E-state index in [0.29, 0.717) is 22.3 Å². The van der Waals surface area contributed by atoms with E-state index < -0.39 is 6.36 Å². The van der Waals surface area contributed by atoms with Crippen LogP contribution in [0.15, 0.2) is 60.9 Å². The zero-order valence-electron chi connectivity index (χ0n) is 14.7. The Balaban J connectivity index is 1.45. The van der Waals surface area contributed by atoms with Gasteiger partial charge in [-0.2, -0.15) is 5.10 Å². The Labute approximate surface area is 166 Å². The molecule has 0 aliphatic carbocycles. The van der Waals surface area contributed by atoms with Crippen LogP contribution in [0.25, 0.3) is 10.2 Å². The third kappa shape index (κ3) is 4.72. The number of rotatable bonds is 5. The molecule has 0 unspecified atom stereocenters. The number of nitrogens with one attached hydrogen (secondary N) is 1. The first-order valence-electron chi connectivity index (χ1n) is 8.40. The van der Waals surface area contributed by atoms with Gasteiger partial charge in [-0.15, -0.1) is 13.2 Å². The van der Waals surface area contributed by atoms with Crippen molar-refractivity contribution in [2.75, 3.05) is 5.32 Å². The first kappa shape index (κ1) is 18.9. The molecule has 1 N–H and O–H groups in total. The van der Waals surface area contributed by atoms with Gasteiger partial charge >= 0.3 is 6.36 Å². The fraction of sp³-hybridized carbons (Fsp3) is 0.105. The topological polar surface area (TPSA) is 69.0 Å². The first-order valence-corrected chi connectivity index (χ1v) is 9.21. The van der Waals surface area contributed by atoms with Crippen LogP contribution in [0.2, 0.25) is 0 Å². The summed E-state index contributed by atoms with van der Waals surface area (Å²) >= 11 is 1.06. The summed E-state index contributed by atoms with van der Waals surface area (Å²) in [6.45, 7) is 0.592. The van der Waals surface area contributed by atoms with Crippen molar-refractivity contribution >= 4 is 32.6 Å². The Morgan fingerprint density at radius 3 is 2.66 bits per heavy atom. The third-order valence-corrected chi connectivity index (χ3v) is 4.87. The summed E-state index contributed by atoms with van der Waals surface area (Å²) in [5, 5.41) is 7.09. The van der Waals surface area contributed by atoms with E-state index in [2.05, 4.69) is 20.1 Å². The lowest BCUT2D eigenvalue weighted by molar-refractivity contribution is -0.274. The Morgan fingerprint density at radius 1 is 1.17 bits per heavy atom. The number of halogens is 3. The number of amides is 1. The number of ether oxygens (including phenoxy) is 1. The molecule has 0 saturated carbocycles. The Morgan fingerprint density at radius 2 is 1.97 bits per heavy atom. The van der Waals surface area contributed by atoms with Gasteiger partial charge in [0.1, 0.15) is 5.75 Å². The van der Waals surface area contributed by atoms with Crippen LogP contribution in [0.1, 0.15) is 15.9 Å². The zero-order chi connectivity index (χ0) is 20.4. The van der Waals surface area contributed by atoms with Crippen LogP contribution >= 0.6 is 11.3 Å². The number of fused-ring (bicyclic) bond motifs is 1. The second-order valence-electron chi connectivity index (χ2n) is 6.05. The number of alkyl halides is 3. The van der Waals surface area contributed by atoms with Crippen LogP contribution in [0, 0.1) is 0 Å². The van der Waals surface area contributed by atoms with Crippen molar-refractivity contribution in [1.82, 2.24) is 14.8 Å². The van der Waals surface area contributed by atoms with Gasteiger partial charge in [0, 0.05) is 24.0 Å². The number of aromatic nitrogens is 3. The van der Waals surface area contributed by atoms with Crippen molar-refractivity contribution in [3.05, 3.63) is 72.1 Å². The zero-order valence-corrected chi connectivity index (χ0v) is 15.5. The minimum atomic E-state index is -4.76. The second kappa shape index (κ2) is 7.55. The second-order valence-corrected chi connectivity index (χ2v) is 7.08. The molecule has 6 nitrogen and oxygen atoms in total. The number of carbonyl (C=O) groups is 1. The fourth-order valence-corrected chi connectivity index (χ4v) is 3.56. The third-order valence-electron chi connectivity index (χ3n) is 3.93. The van der Waals surface area contributed by atoms with Gasteiger partial charge in [0.05, 0.1) is 16.8 Å². The molecule has 10 heteroatoms. The van der Waals surface area contributed by atoms with Crippen LogP contribution in [-0.4, -0.2) is 27.0 Å². The molecule has 2 heterocycles. The Kier molecular flexibility index (Phi) is 4.93. The van der Waals surface area contributed by atoms with Crippen LogP contribution in [0.3, 0.4) is 0 Å². The quantitative estimate of drug-likeness (QED) is 0.511. The molecular formula is C19H13F3N4O2S. The average Bonchev–Trinajstić information content (AvgIpc) is 3.29. The molecule has 0 fully saturated rings. The van der Waals surface area contributed by atoms with E-state index >= 15 is 0 Å². The van der Waals surface area contributed by atoms with Crippen molar-refractivity contribution in [2.45, 2.75) is 12.9 Å². The van der Waals surface area contributed by atoms with Gasteiger partial charge in [-0.3, -0.25) is 14.8 Å². The van der Waals surface area contributed by atoms with Crippen molar-refractivity contribution in [2.24, 2.45) is 0 Å². The molecule has 0 atom stereocenters. The standard InChI is InChI=1S/C19H13F3N4O2S/c20-19(21,22)28-14-6-7-15-16(10-14)29-18(24-15)25-17(27)13-4-2-12(3-5-13)11-26-9-1-8-23-26/h1-10H,11H2,(H,24,25,27). The van der Waals surface area contributed by atoms with Gasteiger partial charge < -0.3 is 4.74 Å². The molecule has 29 heavy (non-hydrogen) atoms. The number of anilines is 1. The smallest absolute Gasteiger partial charge is 0.406 e. The highest BCUT2D eigenvalue weighted by Crippen LogP contribution is 2.31. The predicted octanol–water partition coefficient (Wildman–Crippen LogP) is 4.69. The molecule has 0 radical (unpaired) electrons. The molecule has 148 valence electrons. The first-order chi connectivity index (χ1) is 13.9. The number of hydrogen-bond acceptors (Lipinski definition) is 5. The van der Waals surface area contributed by atoms with E-state index in [-0.39, 0.29) is 16.8 Å². The van der Waals surface area contributed by atoms with Crippen LogP contribution in [0.5, 0.6) is 5.75 Å². The van der Waals surface area contributed by atoms with E-state index in [4.69, 9.17) is 0 Å². The number of thiazole rings is 1. The van der Waals surface area contributed by atoms with Crippen molar-refractivity contribution in [1.29, 1.82) is 0 Å². The van der Waals surface area contributed by atoms with Gasteiger partial charge in [0.25, 0.3) is 5.91 Å².